The largest absolute Gasteiger partial charge is 0.464 e. The number of nitrogens with zero attached hydrogens (tertiary/aromatic N) is 2. The van der Waals surface area contributed by atoms with Crippen LogP contribution in [-0.4, -0.2) is 70.5 Å². The normalized spacial score (nSPS) is 21.5. The third kappa shape index (κ3) is 5.32. The van der Waals surface area contributed by atoms with Crippen molar-refractivity contribution in [1.29, 1.82) is 5.41 Å². The van der Waals surface area contributed by atoms with Gasteiger partial charge in [0.15, 0.2) is 15.7 Å². The molecule has 26 heavy (non-hydrogen) atoms. The number of nitrogens with one attached hydrogen (secondary N) is 2. The zero-order valence-corrected chi connectivity index (χ0v) is 17.2. The van der Waals surface area contributed by atoms with Crippen molar-refractivity contribution in [3.8, 4) is 0 Å². The second kappa shape index (κ2) is 8.11. The minimum absolute atomic E-state index is 0.202. The molecule has 9 nitrogen and oxygen atoms in total. The topological polar surface area (TPSA) is 133 Å². The average molecular weight is 423 g/mol. The quantitative estimate of drug-likeness (QED) is 0.576. The number of hydrogen-bond donors (Lipinski definition) is 2. The molecule has 1 aromatic heterocycles. The second-order valence-corrected chi connectivity index (χ2v) is 11.4. The molecule has 0 aliphatic carbocycles. The van der Waals surface area contributed by atoms with Crippen molar-refractivity contribution in [3.05, 3.63) is 23.7 Å². The van der Waals surface area contributed by atoms with Crippen molar-refractivity contribution >= 4 is 43.2 Å². The third-order valence-corrected chi connectivity index (χ3v) is 8.40. The lowest BCUT2D eigenvalue weighted by Crippen LogP contribution is -2.32. The summed E-state index contributed by atoms with van der Waals surface area (Å²) in [6, 6.07) is 3.84. The highest BCUT2D eigenvalue weighted by Gasteiger charge is 2.47. The van der Waals surface area contributed by atoms with Crippen LogP contribution in [0.5, 0.6) is 0 Å². The van der Waals surface area contributed by atoms with Crippen molar-refractivity contribution in [2.75, 3.05) is 32.6 Å². The molecule has 0 spiro atoms. The maximum atomic E-state index is 11.8. The van der Waals surface area contributed by atoms with Gasteiger partial charge in [-0.25, -0.2) is 16.8 Å². The second-order valence-electron chi connectivity index (χ2n) is 6.11. The molecule has 12 heteroatoms. The Morgan fingerprint density at radius 1 is 1.35 bits per heavy atom. The Bertz CT molecular complexity index is 903. The number of furan rings is 1. The number of hydrogen-bond acceptors (Lipinski definition) is 9. The molecule has 1 aliphatic heterocycles. The van der Waals surface area contributed by atoms with E-state index in [4.69, 9.17) is 9.83 Å². The Balaban J connectivity index is 1.86. The van der Waals surface area contributed by atoms with Gasteiger partial charge in [-0.2, -0.15) is 11.8 Å². The van der Waals surface area contributed by atoms with Crippen LogP contribution >= 0.6 is 11.8 Å². The first-order chi connectivity index (χ1) is 12.0. The molecule has 0 amide bonds. The number of sulfone groups is 1. The summed E-state index contributed by atoms with van der Waals surface area (Å²) >= 11 is 1.55. The van der Waals surface area contributed by atoms with Crippen LogP contribution in [0.1, 0.15) is 11.5 Å². The summed E-state index contributed by atoms with van der Waals surface area (Å²) in [5, 5.41) is 7.77. The third-order valence-electron chi connectivity index (χ3n) is 3.34. The van der Waals surface area contributed by atoms with Gasteiger partial charge in [-0.3, -0.25) is 15.1 Å². The van der Waals surface area contributed by atoms with E-state index < -0.39 is 30.2 Å². The molecule has 2 heterocycles. The van der Waals surface area contributed by atoms with E-state index in [9.17, 15) is 16.8 Å². The van der Waals surface area contributed by atoms with Crippen LogP contribution < -0.4 is 4.72 Å². The maximum Gasteiger partial charge on any atom is 0.257 e. The van der Waals surface area contributed by atoms with Crippen LogP contribution in [0.4, 0.5) is 0 Å². The molecule has 0 saturated carbocycles. The number of aliphatic imine (C=N–C) groups is 1. The van der Waals surface area contributed by atoms with Gasteiger partial charge in [0, 0.05) is 12.0 Å². The maximum absolute atomic E-state index is 11.8. The fourth-order valence-corrected chi connectivity index (χ4v) is 6.58. The molecule has 0 radical (unpaired) electrons. The van der Waals surface area contributed by atoms with E-state index in [1.54, 1.807) is 11.8 Å². The van der Waals surface area contributed by atoms with Crippen molar-refractivity contribution in [2.45, 2.75) is 16.9 Å². The van der Waals surface area contributed by atoms with Crippen LogP contribution in [0.2, 0.25) is 0 Å². The van der Waals surface area contributed by atoms with Crippen LogP contribution in [0.3, 0.4) is 0 Å². The summed E-state index contributed by atoms with van der Waals surface area (Å²) in [5.41, 5.74) is -0.531. The molecular formula is C14H22N4O5S3. The lowest BCUT2D eigenvalue weighted by atomic mass is 10.4. The first kappa shape index (κ1) is 20.9. The molecule has 1 saturated heterocycles. The average Bonchev–Trinajstić information content (AvgIpc) is 2.99. The van der Waals surface area contributed by atoms with E-state index in [-0.39, 0.29) is 12.4 Å². The van der Waals surface area contributed by atoms with E-state index >= 15 is 0 Å². The zero-order valence-electron chi connectivity index (χ0n) is 14.7. The molecule has 0 aromatic carbocycles. The van der Waals surface area contributed by atoms with Gasteiger partial charge in [0.2, 0.25) is 4.58 Å². The first-order valence-electron chi connectivity index (χ1n) is 7.64. The number of rotatable bonds is 8. The highest BCUT2D eigenvalue weighted by atomic mass is 32.3. The highest BCUT2D eigenvalue weighted by Crippen LogP contribution is 2.18. The Labute approximate surface area is 157 Å². The molecule has 0 bridgehead atoms. The standard InChI is InChI=1S/C14H22N4O5S3/c1-18(2)8-10-4-5-11(23-10)9-24-7-6-16-13-12(15)14(25(3,19)20)26(21,22)17-13/h4-5,14-15H,6-9H2,1-3H3,(H,16,17). The molecule has 1 aliphatic rings. The van der Waals surface area contributed by atoms with Gasteiger partial charge in [0.05, 0.1) is 18.8 Å². The minimum Gasteiger partial charge on any atom is -0.464 e. The van der Waals surface area contributed by atoms with E-state index in [2.05, 4.69) is 9.71 Å². The Hall–Kier alpha value is -1.37. The van der Waals surface area contributed by atoms with Crippen LogP contribution in [-0.2, 0) is 32.2 Å². The Kier molecular flexibility index (Phi) is 6.53. The van der Waals surface area contributed by atoms with Gasteiger partial charge in [-0.15, -0.1) is 0 Å². The van der Waals surface area contributed by atoms with Gasteiger partial charge in [0.25, 0.3) is 10.0 Å². The molecule has 2 N–H and O–H groups in total. The highest BCUT2D eigenvalue weighted by molar-refractivity contribution is 8.10. The van der Waals surface area contributed by atoms with E-state index in [1.807, 2.05) is 31.1 Å². The monoisotopic (exact) mass is 422 g/mol. The van der Waals surface area contributed by atoms with Crippen molar-refractivity contribution in [3.63, 3.8) is 0 Å². The van der Waals surface area contributed by atoms with Gasteiger partial charge in [0.1, 0.15) is 17.2 Å². The van der Waals surface area contributed by atoms with Crippen molar-refractivity contribution in [1.82, 2.24) is 9.62 Å². The number of sulfonamides is 1. The van der Waals surface area contributed by atoms with Crippen molar-refractivity contribution in [2.24, 2.45) is 4.99 Å². The molecule has 1 fully saturated rings. The molecule has 1 atom stereocenters. The predicted octanol–water partition coefficient (Wildman–Crippen LogP) is 0.296. The van der Waals surface area contributed by atoms with Gasteiger partial charge in [-0.05, 0) is 26.2 Å². The summed E-state index contributed by atoms with van der Waals surface area (Å²) in [6.07, 6.45) is 0.790. The van der Waals surface area contributed by atoms with Gasteiger partial charge in [-0.1, -0.05) is 0 Å². The van der Waals surface area contributed by atoms with Gasteiger partial charge < -0.3 is 9.32 Å². The van der Waals surface area contributed by atoms with E-state index in [1.165, 1.54) is 0 Å². The fraction of sp³-hybridized carbons (Fsp3) is 0.571. The first-order valence-corrected chi connectivity index (χ1v) is 12.3. The fourth-order valence-electron chi connectivity index (χ4n) is 2.36. The van der Waals surface area contributed by atoms with E-state index in [0.717, 1.165) is 24.3 Å². The SMILES string of the molecule is CN(C)Cc1ccc(CSCCN=C2NS(=O)(=O)C(S(C)(=O)=O)C2=N)o1. The molecule has 1 unspecified atom stereocenters. The van der Waals surface area contributed by atoms with Crippen LogP contribution in [0.25, 0.3) is 0 Å². The molecular weight excluding hydrogens is 400 g/mol. The van der Waals surface area contributed by atoms with Crippen LogP contribution in [0.15, 0.2) is 21.5 Å². The Morgan fingerprint density at radius 3 is 2.58 bits per heavy atom. The summed E-state index contributed by atoms with van der Waals surface area (Å²) in [6.45, 7) is 0.981. The summed E-state index contributed by atoms with van der Waals surface area (Å²) in [7, 11) is -4.19. The predicted molar refractivity (Wildman–Crippen MR) is 103 cm³/mol. The van der Waals surface area contributed by atoms with E-state index in [0.29, 0.717) is 11.5 Å². The lowest BCUT2D eigenvalue weighted by molar-refractivity contribution is 0.344. The Morgan fingerprint density at radius 2 is 2.00 bits per heavy atom. The van der Waals surface area contributed by atoms with Crippen LogP contribution in [0, 0.1) is 5.41 Å². The van der Waals surface area contributed by atoms with Gasteiger partial charge >= 0.3 is 0 Å². The minimum atomic E-state index is -4.16. The smallest absolute Gasteiger partial charge is 0.257 e. The molecule has 146 valence electrons. The number of thioether (sulfide) groups is 1. The summed E-state index contributed by atoms with van der Waals surface area (Å²) in [4.78, 5) is 6.03. The number of amidine groups is 1. The molecule has 2 rings (SSSR count). The zero-order chi connectivity index (χ0) is 19.5. The molecule has 1 aromatic rings. The van der Waals surface area contributed by atoms with Crippen molar-refractivity contribution < 1.29 is 21.3 Å². The summed E-state index contributed by atoms with van der Waals surface area (Å²) in [5.74, 6) is 2.74. The summed E-state index contributed by atoms with van der Waals surface area (Å²) < 4.78 is 52.7. The lowest BCUT2D eigenvalue weighted by Gasteiger charge is -2.05.